The lowest BCUT2D eigenvalue weighted by Gasteiger charge is -2.04. The van der Waals surface area contributed by atoms with Gasteiger partial charge in [0, 0.05) is 27.6 Å². The molecule has 0 spiro atoms. The molecule has 0 amide bonds. The monoisotopic (exact) mass is 480 g/mol. The summed E-state index contributed by atoms with van der Waals surface area (Å²) in [6, 6.07) is 10.4. The number of hydrogen-bond donors (Lipinski definition) is 3. The van der Waals surface area contributed by atoms with E-state index in [4.69, 9.17) is 9.97 Å². The molecule has 184 valence electrons. The van der Waals surface area contributed by atoms with E-state index in [0.29, 0.717) is 5.56 Å². The molecule has 0 aromatic carbocycles. The fourth-order valence-electron chi connectivity index (χ4n) is 5.39. The van der Waals surface area contributed by atoms with E-state index in [9.17, 15) is 9.90 Å². The standard InChI is InChI=1S/C30H32N4O2/c1-7-20-17(5)25-11-19-9-15(3)23(31-19)13-28-21(8-2)18(6)30(34-28)22(12-29(35)36)26-10-16(4)24(32-26)14-27(20)33-25/h9-11,13-14,31-32H,7-8,12H2,1-6H3,(H,35,36). The van der Waals surface area contributed by atoms with Gasteiger partial charge in [0.05, 0.1) is 29.2 Å². The molecule has 0 radical (unpaired) electrons. The number of hydrogen-bond acceptors (Lipinski definition) is 3. The first-order valence-electron chi connectivity index (χ1n) is 12.5. The maximum Gasteiger partial charge on any atom is 0.307 e. The molecule has 0 saturated heterocycles. The predicted octanol–water partition coefficient (Wildman–Crippen LogP) is 7.24. The first-order chi connectivity index (χ1) is 17.2. The molecule has 3 aromatic heterocycles. The summed E-state index contributed by atoms with van der Waals surface area (Å²) in [6.45, 7) is 12.6. The van der Waals surface area contributed by atoms with E-state index in [-0.39, 0.29) is 6.42 Å². The van der Waals surface area contributed by atoms with Gasteiger partial charge in [0.25, 0.3) is 0 Å². The minimum Gasteiger partial charge on any atom is -0.481 e. The Morgan fingerprint density at radius 1 is 0.750 bits per heavy atom. The van der Waals surface area contributed by atoms with Crippen molar-refractivity contribution >= 4 is 50.3 Å². The van der Waals surface area contributed by atoms with E-state index in [1.807, 2.05) is 19.9 Å². The number of H-pyrrole nitrogens is 2. The van der Waals surface area contributed by atoms with Gasteiger partial charge in [0.2, 0.25) is 0 Å². The van der Waals surface area contributed by atoms with Crippen LogP contribution in [0.15, 0.2) is 30.3 Å². The van der Waals surface area contributed by atoms with Gasteiger partial charge in [0.1, 0.15) is 0 Å². The topological polar surface area (TPSA) is 94.7 Å². The number of nitrogens with zero attached hydrogens (tertiary/aromatic N) is 2. The average Bonchev–Trinajstić information content (AvgIpc) is 3.53. The van der Waals surface area contributed by atoms with Gasteiger partial charge in [-0.3, -0.25) is 4.79 Å². The molecule has 8 bridgehead atoms. The Bertz CT molecular complexity index is 1650. The van der Waals surface area contributed by atoms with Crippen LogP contribution < -0.4 is 0 Å². The number of aliphatic carboxylic acids is 1. The summed E-state index contributed by atoms with van der Waals surface area (Å²) in [5, 5.41) is 9.80. The molecule has 0 atom stereocenters. The number of aryl methyl sites for hydroxylation is 2. The number of carboxylic acids is 1. The Hall–Kier alpha value is -3.93. The van der Waals surface area contributed by atoms with Crippen LogP contribution in [0.5, 0.6) is 0 Å². The molecular weight excluding hydrogens is 448 g/mol. The summed E-state index contributed by atoms with van der Waals surface area (Å²) in [4.78, 5) is 29.0. The van der Waals surface area contributed by atoms with Crippen molar-refractivity contribution in [3.8, 4) is 0 Å². The lowest BCUT2D eigenvalue weighted by molar-refractivity contribution is -0.136. The largest absolute Gasteiger partial charge is 0.481 e. The van der Waals surface area contributed by atoms with E-state index in [2.05, 4.69) is 61.9 Å². The van der Waals surface area contributed by atoms with Crippen molar-refractivity contribution in [3.63, 3.8) is 0 Å². The zero-order chi connectivity index (χ0) is 25.7. The van der Waals surface area contributed by atoms with Crippen molar-refractivity contribution in [2.24, 2.45) is 0 Å². The molecule has 36 heavy (non-hydrogen) atoms. The number of allylic oxidation sites excluding steroid dienone is 4. The lowest BCUT2D eigenvalue weighted by atomic mass is 10.00. The third-order valence-corrected chi connectivity index (χ3v) is 7.37. The number of aromatic nitrogens is 4. The Kier molecular flexibility index (Phi) is 5.91. The summed E-state index contributed by atoms with van der Waals surface area (Å²) in [6.07, 6.45) is 1.58. The van der Waals surface area contributed by atoms with Gasteiger partial charge in [-0.2, -0.15) is 0 Å². The smallest absolute Gasteiger partial charge is 0.307 e. The second-order valence-electron chi connectivity index (χ2n) is 9.73. The van der Waals surface area contributed by atoms with Crippen LogP contribution in [0.25, 0.3) is 44.4 Å². The Morgan fingerprint density at radius 2 is 1.36 bits per heavy atom. The van der Waals surface area contributed by atoms with Crippen molar-refractivity contribution in [3.05, 3.63) is 69.8 Å². The van der Waals surface area contributed by atoms with Gasteiger partial charge >= 0.3 is 5.97 Å². The summed E-state index contributed by atoms with van der Waals surface area (Å²) in [5.74, 6) is -0.880. The minimum atomic E-state index is -0.880. The van der Waals surface area contributed by atoms with Crippen LogP contribution in [-0.4, -0.2) is 31.0 Å². The Labute approximate surface area is 210 Å². The second-order valence-corrected chi connectivity index (χ2v) is 9.73. The highest BCUT2D eigenvalue weighted by molar-refractivity contribution is 5.96. The molecule has 3 aromatic rings. The maximum atomic E-state index is 11.9. The van der Waals surface area contributed by atoms with Gasteiger partial charge in [0.15, 0.2) is 0 Å². The molecule has 0 fully saturated rings. The van der Waals surface area contributed by atoms with Crippen LogP contribution in [0.2, 0.25) is 0 Å². The van der Waals surface area contributed by atoms with E-state index in [0.717, 1.165) is 80.0 Å². The maximum absolute atomic E-state index is 11.9. The number of nitrogens with one attached hydrogen (secondary N) is 2. The van der Waals surface area contributed by atoms with Crippen molar-refractivity contribution in [1.82, 2.24) is 19.9 Å². The number of fused-ring (bicyclic) bond motifs is 8. The normalized spacial score (nSPS) is 13.6. The molecule has 6 heteroatoms. The Balaban J connectivity index is 1.99. The van der Waals surface area contributed by atoms with E-state index >= 15 is 0 Å². The van der Waals surface area contributed by atoms with Gasteiger partial charge in [-0.15, -0.1) is 0 Å². The summed E-state index contributed by atoms with van der Waals surface area (Å²) >= 11 is 0. The zero-order valence-electron chi connectivity index (χ0n) is 21.8. The van der Waals surface area contributed by atoms with E-state index in [1.165, 1.54) is 11.1 Å². The van der Waals surface area contributed by atoms with Gasteiger partial charge in [-0.25, -0.2) is 9.97 Å². The first-order valence-corrected chi connectivity index (χ1v) is 12.5. The molecule has 6 nitrogen and oxygen atoms in total. The van der Waals surface area contributed by atoms with Crippen LogP contribution in [0.4, 0.5) is 0 Å². The highest BCUT2D eigenvalue weighted by Crippen LogP contribution is 2.36. The predicted molar refractivity (Wildman–Crippen MR) is 147 cm³/mol. The fourth-order valence-corrected chi connectivity index (χ4v) is 5.39. The quantitative estimate of drug-likeness (QED) is 0.367. The average molecular weight is 481 g/mol. The van der Waals surface area contributed by atoms with Gasteiger partial charge < -0.3 is 15.1 Å². The summed E-state index contributed by atoms with van der Waals surface area (Å²) < 4.78 is 0. The Morgan fingerprint density at radius 3 is 2.03 bits per heavy atom. The number of carbonyl (C=O) groups is 1. The summed E-state index contributed by atoms with van der Waals surface area (Å²) in [7, 11) is 0. The molecule has 0 saturated carbocycles. The minimum absolute atomic E-state index is 0.113. The van der Waals surface area contributed by atoms with Crippen molar-refractivity contribution in [1.29, 1.82) is 0 Å². The van der Waals surface area contributed by atoms with Gasteiger partial charge in [-0.05, 0) is 104 Å². The molecule has 5 heterocycles. The lowest BCUT2D eigenvalue weighted by Crippen LogP contribution is -2.03. The fraction of sp³-hybridized carbons (Fsp3) is 0.300. The highest BCUT2D eigenvalue weighted by Gasteiger charge is 2.21. The third-order valence-electron chi connectivity index (χ3n) is 7.37. The molecule has 0 aliphatic carbocycles. The van der Waals surface area contributed by atoms with Crippen LogP contribution in [0, 0.1) is 13.8 Å². The van der Waals surface area contributed by atoms with Crippen LogP contribution in [-0.2, 0) is 11.2 Å². The second kappa shape index (κ2) is 8.94. The van der Waals surface area contributed by atoms with Crippen molar-refractivity contribution < 1.29 is 9.90 Å². The zero-order valence-corrected chi connectivity index (χ0v) is 21.8. The first kappa shape index (κ1) is 23.8. The molecule has 5 rings (SSSR count). The highest BCUT2D eigenvalue weighted by atomic mass is 16.4. The van der Waals surface area contributed by atoms with E-state index < -0.39 is 5.97 Å². The molecule has 3 N–H and O–H groups in total. The number of rotatable bonds is 4. The van der Waals surface area contributed by atoms with Crippen LogP contribution >= 0.6 is 0 Å². The number of aromatic amines is 2. The van der Waals surface area contributed by atoms with E-state index in [1.54, 1.807) is 0 Å². The molecular formula is C30H32N4O2. The van der Waals surface area contributed by atoms with Gasteiger partial charge in [-0.1, -0.05) is 13.8 Å². The molecule has 2 aliphatic rings. The molecule has 0 unspecified atom stereocenters. The van der Waals surface area contributed by atoms with Crippen LogP contribution in [0.1, 0.15) is 80.0 Å². The third kappa shape index (κ3) is 3.96. The van der Waals surface area contributed by atoms with Crippen LogP contribution in [0.3, 0.4) is 0 Å². The van der Waals surface area contributed by atoms with Crippen molar-refractivity contribution in [2.45, 2.75) is 60.8 Å². The number of carboxylic acid groups (broad SMARTS) is 1. The van der Waals surface area contributed by atoms with Crippen molar-refractivity contribution in [2.75, 3.05) is 0 Å². The summed E-state index contributed by atoms with van der Waals surface area (Å²) in [5.41, 5.74) is 14.7. The molecule has 2 aliphatic heterocycles. The SMILES string of the molecule is CCC1=C(C)c2cc3cc(C)c(cc4nc(c(CC(=O)O)c5cc(C)c(cc1n2)[nH]5)C(C)=C4CC)[nH]3.